The minimum absolute atomic E-state index is 0.0399. The molecule has 3 nitrogen and oxygen atoms in total. The fourth-order valence-corrected chi connectivity index (χ4v) is 2.45. The molecule has 1 aromatic carbocycles. The predicted molar refractivity (Wildman–Crippen MR) is 70.4 cm³/mol. The molecule has 0 aliphatic carbocycles. The van der Waals surface area contributed by atoms with E-state index < -0.39 is 12.1 Å². The lowest BCUT2D eigenvalue weighted by Crippen LogP contribution is -2.42. The van der Waals surface area contributed by atoms with Crippen LogP contribution in [0.3, 0.4) is 0 Å². The summed E-state index contributed by atoms with van der Waals surface area (Å²) in [6, 6.07) is 8.63. The number of carbonyl (C=O) groups excluding carboxylic acids is 1. The number of amides is 1. The second-order valence-electron chi connectivity index (χ2n) is 5.14. The van der Waals surface area contributed by atoms with Gasteiger partial charge in [-0.3, -0.25) is 4.79 Å². The van der Waals surface area contributed by atoms with Crippen LogP contribution in [0.4, 0.5) is 13.2 Å². The van der Waals surface area contributed by atoms with E-state index >= 15 is 0 Å². The first-order valence-electron chi connectivity index (χ1n) is 6.73. The molecule has 0 saturated carbocycles. The molecule has 21 heavy (non-hydrogen) atoms. The quantitative estimate of drug-likeness (QED) is 0.841. The molecular formula is C15H15F3N2O. The van der Waals surface area contributed by atoms with Gasteiger partial charge in [0.2, 0.25) is 0 Å². The highest BCUT2D eigenvalue weighted by Gasteiger charge is 2.41. The van der Waals surface area contributed by atoms with Gasteiger partial charge in [-0.15, -0.1) is 0 Å². The van der Waals surface area contributed by atoms with Crippen LogP contribution in [0, 0.1) is 17.2 Å². The highest BCUT2D eigenvalue weighted by atomic mass is 19.4. The summed E-state index contributed by atoms with van der Waals surface area (Å²) in [7, 11) is 0. The standard InChI is InChI=1S/C15H15F3N2O/c16-15(17,18)13-6-9-20(10-7-13)14(21)12-3-1-11(2-4-12)5-8-19/h1-4,13H,5-7,9-10H2. The Bertz CT molecular complexity index is 538. The van der Waals surface area contributed by atoms with Gasteiger partial charge in [-0.05, 0) is 30.5 Å². The third-order valence-electron chi connectivity index (χ3n) is 3.73. The Balaban J connectivity index is 1.97. The minimum Gasteiger partial charge on any atom is -0.339 e. The van der Waals surface area contributed by atoms with E-state index in [0.717, 1.165) is 5.56 Å². The molecule has 1 fully saturated rings. The van der Waals surface area contributed by atoms with E-state index in [-0.39, 0.29) is 38.3 Å². The van der Waals surface area contributed by atoms with Gasteiger partial charge in [0.15, 0.2) is 0 Å². The maximum absolute atomic E-state index is 12.6. The Labute approximate surface area is 121 Å². The van der Waals surface area contributed by atoms with Crippen LogP contribution in [0.15, 0.2) is 24.3 Å². The number of piperidine rings is 1. The largest absolute Gasteiger partial charge is 0.391 e. The SMILES string of the molecule is N#CCc1ccc(C(=O)N2CCC(C(F)(F)F)CC2)cc1. The van der Waals surface area contributed by atoms with Crippen LogP contribution in [0.25, 0.3) is 0 Å². The van der Waals surface area contributed by atoms with Crippen molar-refractivity contribution < 1.29 is 18.0 Å². The molecule has 0 unspecified atom stereocenters. The molecule has 0 spiro atoms. The first kappa shape index (κ1) is 15.4. The maximum atomic E-state index is 12.6. The number of hydrogen-bond acceptors (Lipinski definition) is 2. The molecule has 2 rings (SSSR count). The van der Waals surface area contributed by atoms with Crippen molar-refractivity contribution >= 4 is 5.91 Å². The van der Waals surface area contributed by atoms with Gasteiger partial charge in [0.1, 0.15) is 0 Å². The first-order chi connectivity index (χ1) is 9.91. The molecule has 0 aromatic heterocycles. The van der Waals surface area contributed by atoms with Gasteiger partial charge in [0, 0.05) is 18.7 Å². The molecule has 1 amide bonds. The van der Waals surface area contributed by atoms with Gasteiger partial charge in [0.05, 0.1) is 18.4 Å². The van der Waals surface area contributed by atoms with E-state index in [0.29, 0.717) is 5.56 Å². The Morgan fingerprint density at radius 2 is 1.81 bits per heavy atom. The number of alkyl halides is 3. The van der Waals surface area contributed by atoms with E-state index in [2.05, 4.69) is 0 Å². The summed E-state index contributed by atoms with van der Waals surface area (Å²) in [5.41, 5.74) is 1.26. The van der Waals surface area contributed by atoms with Crippen molar-refractivity contribution in [3.63, 3.8) is 0 Å². The lowest BCUT2D eigenvalue weighted by atomic mass is 9.95. The lowest BCUT2D eigenvalue weighted by Gasteiger charge is -2.33. The first-order valence-corrected chi connectivity index (χ1v) is 6.73. The van der Waals surface area contributed by atoms with Gasteiger partial charge < -0.3 is 4.90 Å². The number of likely N-dealkylation sites (tertiary alicyclic amines) is 1. The smallest absolute Gasteiger partial charge is 0.339 e. The normalized spacial score (nSPS) is 16.6. The molecule has 1 aromatic rings. The molecule has 1 aliphatic heterocycles. The maximum Gasteiger partial charge on any atom is 0.391 e. The Hall–Kier alpha value is -2.03. The van der Waals surface area contributed by atoms with Crippen molar-refractivity contribution in [1.82, 2.24) is 4.90 Å². The van der Waals surface area contributed by atoms with Crippen molar-refractivity contribution in [2.24, 2.45) is 5.92 Å². The number of rotatable bonds is 2. The van der Waals surface area contributed by atoms with Crippen LogP contribution < -0.4 is 0 Å². The van der Waals surface area contributed by atoms with Gasteiger partial charge in [-0.1, -0.05) is 12.1 Å². The molecule has 0 radical (unpaired) electrons. The molecule has 1 heterocycles. The zero-order chi connectivity index (χ0) is 15.5. The van der Waals surface area contributed by atoms with Gasteiger partial charge in [-0.25, -0.2) is 0 Å². The zero-order valence-corrected chi connectivity index (χ0v) is 11.4. The summed E-state index contributed by atoms with van der Waals surface area (Å²) in [6.45, 7) is 0.256. The topological polar surface area (TPSA) is 44.1 Å². The van der Waals surface area contributed by atoms with E-state index in [1.54, 1.807) is 24.3 Å². The van der Waals surface area contributed by atoms with Crippen LogP contribution >= 0.6 is 0 Å². The van der Waals surface area contributed by atoms with Crippen LogP contribution in [0.1, 0.15) is 28.8 Å². The van der Waals surface area contributed by atoms with Gasteiger partial charge >= 0.3 is 6.18 Å². The summed E-state index contributed by atoms with van der Waals surface area (Å²) in [6.07, 6.45) is -3.98. The average molecular weight is 296 g/mol. The summed E-state index contributed by atoms with van der Waals surface area (Å²) in [5.74, 6) is -1.56. The van der Waals surface area contributed by atoms with E-state index in [1.165, 1.54) is 4.90 Å². The number of halogens is 3. The second-order valence-corrected chi connectivity index (χ2v) is 5.14. The van der Waals surface area contributed by atoms with Crippen molar-refractivity contribution in [2.45, 2.75) is 25.4 Å². The van der Waals surface area contributed by atoms with Crippen LogP contribution in [0.5, 0.6) is 0 Å². The van der Waals surface area contributed by atoms with Crippen molar-refractivity contribution in [1.29, 1.82) is 5.26 Å². The monoisotopic (exact) mass is 296 g/mol. The number of hydrogen-bond donors (Lipinski definition) is 0. The molecular weight excluding hydrogens is 281 g/mol. The highest BCUT2D eigenvalue weighted by molar-refractivity contribution is 5.94. The Morgan fingerprint density at radius 3 is 2.29 bits per heavy atom. The second kappa shape index (κ2) is 6.17. The summed E-state index contributed by atoms with van der Waals surface area (Å²) >= 11 is 0. The number of carbonyl (C=O) groups is 1. The zero-order valence-electron chi connectivity index (χ0n) is 11.4. The Morgan fingerprint density at radius 1 is 1.24 bits per heavy atom. The van der Waals surface area contributed by atoms with Crippen molar-refractivity contribution in [2.75, 3.05) is 13.1 Å². The summed E-state index contributed by atoms with van der Waals surface area (Å²) in [5, 5.41) is 8.58. The third kappa shape index (κ3) is 3.75. The van der Waals surface area contributed by atoms with E-state index in [9.17, 15) is 18.0 Å². The molecule has 1 saturated heterocycles. The lowest BCUT2D eigenvalue weighted by molar-refractivity contribution is -0.183. The van der Waals surface area contributed by atoms with Crippen molar-refractivity contribution in [3.8, 4) is 6.07 Å². The third-order valence-corrected chi connectivity index (χ3v) is 3.73. The van der Waals surface area contributed by atoms with Gasteiger partial charge in [-0.2, -0.15) is 18.4 Å². The van der Waals surface area contributed by atoms with E-state index in [1.807, 2.05) is 6.07 Å². The van der Waals surface area contributed by atoms with E-state index in [4.69, 9.17) is 5.26 Å². The molecule has 6 heteroatoms. The summed E-state index contributed by atoms with van der Waals surface area (Å²) < 4.78 is 37.7. The molecule has 0 N–H and O–H groups in total. The average Bonchev–Trinajstić information content (AvgIpc) is 2.47. The fourth-order valence-electron chi connectivity index (χ4n) is 2.45. The fraction of sp³-hybridized carbons (Fsp3) is 0.467. The minimum atomic E-state index is -4.17. The number of benzene rings is 1. The van der Waals surface area contributed by atoms with Crippen LogP contribution in [-0.2, 0) is 6.42 Å². The molecule has 112 valence electrons. The van der Waals surface area contributed by atoms with Crippen LogP contribution in [-0.4, -0.2) is 30.1 Å². The Kier molecular flexibility index (Phi) is 4.51. The molecule has 1 aliphatic rings. The van der Waals surface area contributed by atoms with Crippen molar-refractivity contribution in [3.05, 3.63) is 35.4 Å². The van der Waals surface area contributed by atoms with Gasteiger partial charge in [0.25, 0.3) is 5.91 Å². The summed E-state index contributed by atoms with van der Waals surface area (Å²) in [4.78, 5) is 13.7. The highest BCUT2D eigenvalue weighted by Crippen LogP contribution is 2.34. The number of nitrogens with zero attached hydrogens (tertiary/aromatic N) is 2. The molecule has 0 atom stereocenters. The predicted octanol–water partition coefficient (Wildman–Crippen LogP) is 3.17. The molecule has 0 bridgehead atoms. The number of nitriles is 1. The van der Waals surface area contributed by atoms with Crippen LogP contribution in [0.2, 0.25) is 0 Å².